The molecular formula is C12H18. The molecule has 0 saturated heterocycles. The average molecular weight is 162 g/mol. The van der Waals surface area contributed by atoms with E-state index in [1.54, 1.807) is 0 Å². The first kappa shape index (κ1) is 9.31. The molecule has 1 rings (SSSR count). The lowest BCUT2D eigenvalue weighted by Gasteiger charge is -2.06. The van der Waals surface area contributed by atoms with Crippen molar-refractivity contribution in [3.05, 3.63) is 36.5 Å². The molecule has 0 spiro atoms. The SMILES string of the molecule is CCCC/C=C\C1C=CC=CC1. The predicted molar refractivity (Wildman–Crippen MR) is 55.1 cm³/mol. The number of allylic oxidation sites excluding steroid dienone is 6. The molecule has 0 N–H and O–H groups in total. The first-order valence-corrected chi connectivity index (χ1v) is 4.93. The van der Waals surface area contributed by atoms with Crippen molar-refractivity contribution in [1.29, 1.82) is 0 Å². The normalized spacial score (nSPS) is 22.2. The molecule has 1 atom stereocenters. The second kappa shape index (κ2) is 5.82. The van der Waals surface area contributed by atoms with Gasteiger partial charge in [0.15, 0.2) is 0 Å². The highest BCUT2D eigenvalue weighted by molar-refractivity contribution is 5.15. The van der Waals surface area contributed by atoms with Crippen molar-refractivity contribution in [3.63, 3.8) is 0 Å². The van der Waals surface area contributed by atoms with Crippen LogP contribution in [0.2, 0.25) is 0 Å². The van der Waals surface area contributed by atoms with Crippen molar-refractivity contribution >= 4 is 0 Å². The highest BCUT2D eigenvalue weighted by atomic mass is 14.0. The molecule has 66 valence electrons. The summed E-state index contributed by atoms with van der Waals surface area (Å²) in [5, 5.41) is 0. The summed E-state index contributed by atoms with van der Waals surface area (Å²) in [5.41, 5.74) is 0. The Bertz CT molecular complexity index is 184. The number of rotatable bonds is 4. The quantitative estimate of drug-likeness (QED) is 0.435. The maximum atomic E-state index is 2.33. The van der Waals surface area contributed by atoms with E-state index in [-0.39, 0.29) is 0 Å². The second-order valence-corrected chi connectivity index (χ2v) is 3.28. The molecule has 0 nitrogen and oxygen atoms in total. The first-order valence-electron chi connectivity index (χ1n) is 4.93. The fourth-order valence-corrected chi connectivity index (χ4v) is 1.34. The van der Waals surface area contributed by atoms with Crippen LogP contribution in [0.1, 0.15) is 32.6 Å². The molecule has 0 radical (unpaired) electrons. The minimum atomic E-state index is 0.659. The molecule has 0 heterocycles. The van der Waals surface area contributed by atoms with E-state index in [4.69, 9.17) is 0 Å². The smallest absolute Gasteiger partial charge is 0.00157 e. The Kier molecular flexibility index (Phi) is 4.51. The molecule has 0 fully saturated rings. The molecule has 1 unspecified atom stereocenters. The third-order valence-corrected chi connectivity index (χ3v) is 2.12. The van der Waals surface area contributed by atoms with Crippen LogP contribution in [0, 0.1) is 5.92 Å². The van der Waals surface area contributed by atoms with Crippen molar-refractivity contribution < 1.29 is 0 Å². The molecule has 1 aliphatic carbocycles. The van der Waals surface area contributed by atoms with Gasteiger partial charge in [0.05, 0.1) is 0 Å². The summed E-state index contributed by atoms with van der Waals surface area (Å²) in [6.45, 7) is 2.23. The molecule has 0 amide bonds. The van der Waals surface area contributed by atoms with Gasteiger partial charge in [0.25, 0.3) is 0 Å². The maximum absolute atomic E-state index is 2.33. The molecule has 0 heteroatoms. The van der Waals surface area contributed by atoms with E-state index in [1.165, 1.54) is 25.7 Å². The van der Waals surface area contributed by atoms with Gasteiger partial charge in [0, 0.05) is 0 Å². The van der Waals surface area contributed by atoms with Crippen molar-refractivity contribution in [1.82, 2.24) is 0 Å². The Morgan fingerprint density at radius 3 is 3.00 bits per heavy atom. The van der Waals surface area contributed by atoms with Gasteiger partial charge in [0.1, 0.15) is 0 Å². The molecule has 0 bridgehead atoms. The minimum absolute atomic E-state index is 0.659. The lowest BCUT2D eigenvalue weighted by Crippen LogP contribution is -1.91. The van der Waals surface area contributed by atoms with Crippen LogP contribution in [0.5, 0.6) is 0 Å². The molecule has 0 aromatic heterocycles. The molecule has 0 saturated carbocycles. The lowest BCUT2D eigenvalue weighted by molar-refractivity contribution is 0.786. The van der Waals surface area contributed by atoms with Gasteiger partial charge in [0.2, 0.25) is 0 Å². The van der Waals surface area contributed by atoms with Gasteiger partial charge in [-0.25, -0.2) is 0 Å². The lowest BCUT2D eigenvalue weighted by atomic mass is 10.00. The summed E-state index contributed by atoms with van der Waals surface area (Å²) in [7, 11) is 0. The van der Waals surface area contributed by atoms with Crippen molar-refractivity contribution in [2.45, 2.75) is 32.6 Å². The fraction of sp³-hybridized carbons (Fsp3) is 0.500. The average Bonchev–Trinajstić information content (AvgIpc) is 2.14. The van der Waals surface area contributed by atoms with Gasteiger partial charge >= 0.3 is 0 Å². The van der Waals surface area contributed by atoms with Crippen LogP contribution < -0.4 is 0 Å². The van der Waals surface area contributed by atoms with Crippen LogP contribution in [0.4, 0.5) is 0 Å². The standard InChI is InChI=1S/C12H18/c1-2-3-4-6-9-12-10-7-5-8-11-12/h5-10,12H,2-4,11H2,1H3/b9-6-. The Balaban J connectivity index is 2.17. The van der Waals surface area contributed by atoms with Gasteiger partial charge in [-0.1, -0.05) is 56.2 Å². The van der Waals surface area contributed by atoms with E-state index >= 15 is 0 Å². The Morgan fingerprint density at radius 2 is 2.33 bits per heavy atom. The van der Waals surface area contributed by atoms with E-state index in [1.807, 2.05) is 0 Å². The zero-order chi connectivity index (χ0) is 8.65. The summed E-state index contributed by atoms with van der Waals surface area (Å²) in [6, 6.07) is 0. The van der Waals surface area contributed by atoms with Crippen LogP contribution in [-0.4, -0.2) is 0 Å². The third kappa shape index (κ3) is 3.56. The first-order chi connectivity index (χ1) is 5.93. The zero-order valence-electron chi connectivity index (χ0n) is 7.87. The topological polar surface area (TPSA) is 0 Å². The van der Waals surface area contributed by atoms with Crippen LogP contribution in [0.25, 0.3) is 0 Å². The van der Waals surface area contributed by atoms with Gasteiger partial charge in [-0.15, -0.1) is 0 Å². The molecule has 0 aromatic carbocycles. The summed E-state index contributed by atoms with van der Waals surface area (Å²) < 4.78 is 0. The molecular weight excluding hydrogens is 144 g/mol. The molecule has 12 heavy (non-hydrogen) atoms. The maximum Gasteiger partial charge on any atom is -0.00157 e. The predicted octanol–water partition coefficient (Wildman–Crippen LogP) is 3.87. The second-order valence-electron chi connectivity index (χ2n) is 3.28. The van der Waals surface area contributed by atoms with Crippen molar-refractivity contribution in [3.8, 4) is 0 Å². The monoisotopic (exact) mass is 162 g/mol. The minimum Gasteiger partial charge on any atom is -0.0879 e. The molecule has 1 aliphatic rings. The number of hydrogen-bond donors (Lipinski definition) is 0. The Morgan fingerprint density at radius 1 is 1.42 bits per heavy atom. The Hall–Kier alpha value is -0.780. The summed E-state index contributed by atoms with van der Waals surface area (Å²) in [4.78, 5) is 0. The summed E-state index contributed by atoms with van der Waals surface area (Å²) in [6.07, 6.45) is 18.4. The molecule has 0 aromatic rings. The largest absolute Gasteiger partial charge is 0.0879 e. The van der Waals surface area contributed by atoms with Crippen LogP contribution in [-0.2, 0) is 0 Å². The van der Waals surface area contributed by atoms with E-state index in [9.17, 15) is 0 Å². The van der Waals surface area contributed by atoms with Gasteiger partial charge in [-0.05, 0) is 18.8 Å². The third-order valence-electron chi connectivity index (χ3n) is 2.12. The van der Waals surface area contributed by atoms with E-state index in [2.05, 4.69) is 43.4 Å². The summed E-state index contributed by atoms with van der Waals surface area (Å²) >= 11 is 0. The van der Waals surface area contributed by atoms with Crippen LogP contribution in [0.3, 0.4) is 0 Å². The summed E-state index contributed by atoms with van der Waals surface area (Å²) in [5.74, 6) is 0.659. The zero-order valence-corrected chi connectivity index (χ0v) is 7.87. The van der Waals surface area contributed by atoms with Gasteiger partial charge in [-0.3, -0.25) is 0 Å². The van der Waals surface area contributed by atoms with E-state index in [0.717, 1.165) is 0 Å². The Labute approximate surface area is 75.7 Å². The van der Waals surface area contributed by atoms with Gasteiger partial charge < -0.3 is 0 Å². The number of hydrogen-bond acceptors (Lipinski definition) is 0. The van der Waals surface area contributed by atoms with Crippen LogP contribution in [0.15, 0.2) is 36.5 Å². The van der Waals surface area contributed by atoms with E-state index < -0.39 is 0 Å². The fourth-order valence-electron chi connectivity index (χ4n) is 1.34. The highest BCUT2D eigenvalue weighted by Gasteiger charge is 1.98. The van der Waals surface area contributed by atoms with Gasteiger partial charge in [-0.2, -0.15) is 0 Å². The van der Waals surface area contributed by atoms with Crippen LogP contribution >= 0.6 is 0 Å². The molecule has 0 aliphatic heterocycles. The van der Waals surface area contributed by atoms with E-state index in [0.29, 0.717) is 5.92 Å². The van der Waals surface area contributed by atoms with Crippen molar-refractivity contribution in [2.75, 3.05) is 0 Å². The number of unbranched alkanes of at least 4 members (excludes halogenated alkanes) is 2. The highest BCUT2D eigenvalue weighted by Crippen LogP contribution is 2.13. The van der Waals surface area contributed by atoms with Crippen molar-refractivity contribution in [2.24, 2.45) is 5.92 Å².